The number of nitrogens with one attached hydrogen (secondary N) is 1. The Labute approximate surface area is 200 Å². The molecule has 1 heterocycles. The zero-order valence-electron chi connectivity index (χ0n) is 19.8. The molecule has 0 saturated heterocycles. The maximum absolute atomic E-state index is 3.61. The van der Waals surface area contributed by atoms with Gasteiger partial charge in [0.2, 0.25) is 0 Å². The molecule has 2 nitrogen and oxygen atoms in total. The van der Waals surface area contributed by atoms with Gasteiger partial charge in [-0.1, -0.05) is 66.7 Å². The van der Waals surface area contributed by atoms with Crippen LogP contribution in [0.25, 0.3) is 43.7 Å². The minimum Gasteiger partial charge on any atom is -0.356 e. The molecule has 0 aliphatic carbocycles. The molecule has 0 unspecified atom stereocenters. The Hall–Kier alpha value is -4.04. The molecule has 1 aromatic heterocycles. The van der Waals surface area contributed by atoms with E-state index in [0.29, 0.717) is 0 Å². The first kappa shape index (κ1) is 20.6. The van der Waals surface area contributed by atoms with Crippen LogP contribution in [0.2, 0.25) is 0 Å². The first-order valence-corrected chi connectivity index (χ1v) is 11.9. The number of hydrogen-bond donors (Lipinski definition) is 1. The second-order valence-electron chi connectivity index (χ2n) is 10.0. The number of fused-ring (bicyclic) bond motifs is 4. The topological polar surface area (TPSA) is 17.0 Å². The van der Waals surface area contributed by atoms with Gasteiger partial charge >= 0.3 is 0 Å². The number of para-hydroxylation sites is 1. The van der Waals surface area contributed by atoms with E-state index in [1.807, 2.05) is 0 Å². The molecule has 34 heavy (non-hydrogen) atoms. The molecule has 6 aromatic rings. The molecule has 0 bridgehead atoms. The van der Waals surface area contributed by atoms with Crippen LogP contribution >= 0.6 is 0 Å². The SMILES string of the molecule is CC(C)(C)n1c2ccccc2c2cc(Nc3ccc(-c4ccc5ccccc5c4)cc3)ccc21. The molecule has 166 valence electrons. The lowest BCUT2D eigenvalue weighted by Gasteiger charge is -2.24. The number of anilines is 2. The van der Waals surface area contributed by atoms with E-state index in [4.69, 9.17) is 0 Å². The average Bonchev–Trinajstić information content (AvgIpc) is 3.18. The van der Waals surface area contributed by atoms with Gasteiger partial charge in [-0.25, -0.2) is 0 Å². The van der Waals surface area contributed by atoms with Crippen LogP contribution in [-0.2, 0) is 5.54 Å². The number of rotatable bonds is 3. The Morgan fingerprint density at radius 2 is 1.18 bits per heavy atom. The molecule has 0 radical (unpaired) electrons. The Bertz CT molecular complexity index is 1650. The first-order chi connectivity index (χ1) is 16.5. The van der Waals surface area contributed by atoms with Crippen LogP contribution in [0.5, 0.6) is 0 Å². The lowest BCUT2D eigenvalue weighted by molar-refractivity contribution is 0.423. The van der Waals surface area contributed by atoms with E-state index < -0.39 is 0 Å². The lowest BCUT2D eigenvalue weighted by atomic mass is 10.0. The van der Waals surface area contributed by atoms with Crippen LogP contribution in [-0.4, -0.2) is 4.57 Å². The van der Waals surface area contributed by atoms with E-state index in [1.165, 1.54) is 43.7 Å². The monoisotopic (exact) mass is 440 g/mol. The molecular weight excluding hydrogens is 412 g/mol. The molecule has 0 aliphatic rings. The molecule has 0 spiro atoms. The summed E-state index contributed by atoms with van der Waals surface area (Å²) in [5.74, 6) is 0. The van der Waals surface area contributed by atoms with E-state index in [1.54, 1.807) is 0 Å². The van der Waals surface area contributed by atoms with Crippen LogP contribution < -0.4 is 5.32 Å². The quantitative estimate of drug-likeness (QED) is 0.290. The summed E-state index contributed by atoms with van der Waals surface area (Å²) in [6.45, 7) is 6.80. The van der Waals surface area contributed by atoms with Crippen molar-refractivity contribution in [1.29, 1.82) is 0 Å². The summed E-state index contributed by atoms with van der Waals surface area (Å²) in [7, 11) is 0. The third-order valence-electron chi connectivity index (χ3n) is 6.60. The van der Waals surface area contributed by atoms with Crippen LogP contribution in [0.15, 0.2) is 109 Å². The zero-order valence-corrected chi connectivity index (χ0v) is 19.8. The fourth-order valence-corrected chi connectivity index (χ4v) is 5.05. The lowest BCUT2D eigenvalue weighted by Crippen LogP contribution is -2.21. The fourth-order valence-electron chi connectivity index (χ4n) is 5.05. The van der Waals surface area contributed by atoms with Crippen molar-refractivity contribution in [2.45, 2.75) is 26.3 Å². The summed E-state index contributed by atoms with van der Waals surface area (Å²) >= 11 is 0. The maximum atomic E-state index is 3.61. The summed E-state index contributed by atoms with van der Waals surface area (Å²) in [6.07, 6.45) is 0. The Morgan fingerprint density at radius 3 is 1.97 bits per heavy atom. The highest BCUT2D eigenvalue weighted by molar-refractivity contribution is 6.09. The number of benzene rings is 5. The van der Waals surface area contributed by atoms with Gasteiger partial charge in [0.1, 0.15) is 0 Å². The van der Waals surface area contributed by atoms with Gasteiger partial charge < -0.3 is 9.88 Å². The van der Waals surface area contributed by atoms with Gasteiger partial charge in [-0.05, 0) is 85.1 Å². The van der Waals surface area contributed by atoms with Crippen LogP contribution in [0.4, 0.5) is 11.4 Å². The van der Waals surface area contributed by atoms with Crippen molar-refractivity contribution in [3.8, 4) is 11.1 Å². The standard InChI is InChI=1S/C32H28N2/c1-32(2,3)34-30-11-7-6-10-28(30)29-21-27(18-19-31(29)34)33-26-16-14-23(15-17-26)25-13-12-22-8-4-5-9-24(22)20-25/h4-21,33H,1-3H3. The van der Waals surface area contributed by atoms with Crippen LogP contribution in [0.3, 0.4) is 0 Å². The molecule has 2 heteroatoms. The van der Waals surface area contributed by atoms with Gasteiger partial charge in [0.25, 0.3) is 0 Å². The number of hydrogen-bond acceptors (Lipinski definition) is 1. The predicted molar refractivity (Wildman–Crippen MR) is 147 cm³/mol. The molecule has 1 N–H and O–H groups in total. The second kappa shape index (κ2) is 7.78. The maximum Gasteiger partial charge on any atom is 0.0497 e. The van der Waals surface area contributed by atoms with Gasteiger partial charge in [0.15, 0.2) is 0 Å². The summed E-state index contributed by atoms with van der Waals surface area (Å²) in [5.41, 5.74) is 7.20. The summed E-state index contributed by atoms with van der Waals surface area (Å²) in [6, 6.07) is 39.2. The minimum atomic E-state index is 0.00882. The first-order valence-electron chi connectivity index (χ1n) is 11.9. The van der Waals surface area contributed by atoms with E-state index in [2.05, 4.69) is 140 Å². The van der Waals surface area contributed by atoms with Crippen molar-refractivity contribution in [3.63, 3.8) is 0 Å². The molecule has 0 fully saturated rings. The Morgan fingerprint density at radius 1 is 0.529 bits per heavy atom. The molecular formula is C32H28N2. The van der Waals surface area contributed by atoms with Crippen molar-refractivity contribution in [2.75, 3.05) is 5.32 Å². The summed E-state index contributed by atoms with van der Waals surface area (Å²) in [5, 5.41) is 8.72. The fraction of sp³-hybridized carbons (Fsp3) is 0.125. The van der Waals surface area contributed by atoms with Gasteiger partial charge in [-0.2, -0.15) is 0 Å². The second-order valence-corrected chi connectivity index (χ2v) is 10.0. The van der Waals surface area contributed by atoms with E-state index >= 15 is 0 Å². The third-order valence-corrected chi connectivity index (χ3v) is 6.60. The summed E-state index contributed by atoms with van der Waals surface area (Å²) in [4.78, 5) is 0. The van der Waals surface area contributed by atoms with E-state index in [-0.39, 0.29) is 5.54 Å². The van der Waals surface area contributed by atoms with Crippen molar-refractivity contribution in [2.24, 2.45) is 0 Å². The smallest absolute Gasteiger partial charge is 0.0497 e. The average molecular weight is 441 g/mol. The largest absolute Gasteiger partial charge is 0.356 e. The highest BCUT2D eigenvalue weighted by Crippen LogP contribution is 2.36. The molecule has 5 aromatic carbocycles. The third kappa shape index (κ3) is 3.52. The molecule has 0 amide bonds. The number of aromatic nitrogens is 1. The normalized spacial score (nSPS) is 12.0. The van der Waals surface area contributed by atoms with Gasteiger partial charge in [-0.3, -0.25) is 0 Å². The van der Waals surface area contributed by atoms with Crippen molar-refractivity contribution in [1.82, 2.24) is 4.57 Å². The molecule has 0 atom stereocenters. The number of nitrogens with zero attached hydrogens (tertiary/aromatic N) is 1. The molecule has 0 aliphatic heterocycles. The molecule has 0 saturated carbocycles. The minimum absolute atomic E-state index is 0.00882. The van der Waals surface area contributed by atoms with Gasteiger partial charge in [-0.15, -0.1) is 0 Å². The van der Waals surface area contributed by atoms with E-state index in [9.17, 15) is 0 Å². The Balaban J connectivity index is 1.33. The van der Waals surface area contributed by atoms with Crippen molar-refractivity contribution < 1.29 is 0 Å². The van der Waals surface area contributed by atoms with E-state index in [0.717, 1.165) is 11.4 Å². The Kier molecular flexibility index (Phi) is 4.70. The molecule has 6 rings (SSSR count). The zero-order chi connectivity index (χ0) is 23.3. The van der Waals surface area contributed by atoms with Gasteiger partial charge in [0, 0.05) is 38.7 Å². The highest BCUT2D eigenvalue weighted by atomic mass is 15.0. The predicted octanol–water partition coefficient (Wildman–Crippen LogP) is 9.11. The van der Waals surface area contributed by atoms with Crippen molar-refractivity contribution in [3.05, 3.63) is 109 Å². The van der Waals surface area contributed by atoms with Crippen molar-refractivity contribution >= 4 is 44.0 Å². The van der Waals surface area contributed by atoms with Crippen LogP contribution in [0, 0.1) is 0 Å². The van der Waals surface area contributed by atoms with Gasteiger partial charge in [0.05, 0.1) is 0 Å². The summed E-state index contributed by atoms with van der Waals surface area (Å²) < 4.78 is 2.44. The highest BCUT2D eigenvalue weighted by Gasteiger charge is 2.20. The van der Waals surface area contributed by atoms with Crippen LogP contribution in [0.1, 0.15) is 20.8 Å².